The Balaban J connectivity index is 2.63. The standard InChI is InChI=1S/C11H19NO3/c1-11(2,3)7-9(13)12-6-4-5-8(12)10(14)15/h8H,4-7H2,1-3H3,(H,14,15)/t8-/m0/s1. The van der Waals surface area contributed by atoms with Crippen LogP contribution in [-0.4, -0.2) is 34.5 Å². The molecule has 0 radical (unpaired) electrons. The third-order valence-corrected chi connectivity index (χ3v) is 2.54. The Morgan fingerprint density at radius 2 is 2.00 bits per heavy atom. The predicted octanol–water partition coefficient (Wildman–Crippen LogP) is 1.50. The fraction of sp³-hybridized carbons (Fsp3) is 0.818. The summed E-state index contributed by atoms with van der Waals surface area (Å²) in [6.45, 7) is 6.54. The highest BCUT2D eigenvalue weighted by Crippen LogP contribution is 2.24. The van der Waals surface area contributed by atoms with E-state index in [-0.39, 0.29) is 11.3 Å². The van der Waals surface area contributed by atoms with Gasteiger partial charge in [0.1, 0.15) is 6.04 Å². The Morgan fingerprint density at radius 3 is 2.47 bits per heavy atom. The zero-order chi connectivity index (χ0) is 11.6. The molecule has 15 heavy (non-hydrogen) atoms. The van der Waals surface area contributed by atoms with Gasteiger partial charge in [-0.15, -0.1) is 0 Å². The van der Waals surface area contributed by atoms with Crippen LogP contribution in [0, 0.1) is 5.41 Å². The number of carboxylic acids is 1. The SMILES string of the molecule is CC(C)(C)CC(=O)N1CCC[C@H]1C(=O)O. The van der Waals surface area contributed by atoms with E-state index in [4.69, 9.17) is 5.11 Å². The highest BCUT2D eigenvalue weighted by Gasteiger charge is 2.34. The lowest BCUT2D eigenvalue weighted by molar-refractivity contribution is -0.148. The topological polar surface area (TPSA) is 57.6 Å². The molecule has 4 heteroatoms. The lowest BCUT2D eigenvalue weighted by Crippen LogP contribution is -2.41. The number of hydrogen-bond donors (Lipinski definition) is 1. The molecule has 0 aromatic carbocycles. The molecule has 4 nitrogen and oxygen atoms in total. The number of hydrogen-bond acceptors (Lipinski definition) is 2. The van der Waals surface area contributed by atoms with Crippen molar-refractivity contribution >= 4 is 11.9 Å². The van der Waals surface area contributed by atoms with Crippen LogP contribution in [0.15, 0.2) is 0 Å². The van der Waals surface area contributed by atoms with E-state index in [2.05, 4.69) is 0 Å². The zero-order valence-corrected chi connectivity index (χ0v) is 9.62. The van der Waals surface area contributed by atoms with Crippen molar-refractivity contribution in [3.63, 3.8) is 0 Å². The molecule has 1 aliphatic rings. The normalized spacial score (nSPS) is 21.8. The van der Waals surface area contributed by atoms with E-state index in [1.54, 1.807) is 0 Å². The molecule has 1 rings (SSSR count). The summed E-state index contributed by atoms with van der Waals surface area (Å²) in [5, 5.41) is 8.94. The van der Waals surface area contributed by atoms with Gasteiger partial charge in [-0.05, 0) is 18.3 Å². The summed E-state index contributed by atoms with van der Waals surface area (Å²) in [5.74, 6) is -0.915. The molecular formula is C11H19NO3. The van der Waals surface area contributed by atoms with Gasteiger partial charge in [0.15, 0.2) is 0 Å². The minimum atomic E-state index is -0.880. The number of carboxylic acid groups (broad SMARTS) is 1. The Morgan fingerprint density at radius 1 is 1.40 bits per heavy atom. The highest BCUT2D eigenvalue weighted by molar-refractivity contribution is 5.84. The molecule has 1 amide bonds. The van der Waals surface area contributed by atoms with Crippen LogP contribution in [0.2, 0.25) is 0 Å². The van der Waals surface area contributed by atoms with Gasteiger partial charge in [0.2, 0.25) is 5.91 Å². The van der Waals surface area contributed by atoms with Crippen molar-refractivity contribution in [1.82, 2.24) is 4.90 Å². The second-order valence-corrected chi connectivity index (χ2v) is 5.32. The van der Waals surface area contributed by atoms with Crippen LogP contribution in [0.1, 0.15) is 40.0 Å². The van der Waals surface area contributed by atoms with Gasteiger partial charge in [-0.2, -0.15) is 0 Å². The fourth-order valence-corrected chi connectivity index (χ4v) is 1.88. The Bertz CT molecular complexity index is 267. The van der Waals surface area contributed by atoms with Gasteiger partial charge < -0.3 is 10.0 Å². The van der Waals surface area contributed by atoms with Gasteiger partial charge in [-0.3, -0.25) is 4.79 Å². The molecule has 1 aliphatic heterocycles. The van der Waals surface area contributed by atoms with E-state index < -0.39 is 12.0 Å². The summed E-state index contributed by atoms with van der Waals surface area (Å²) in [7, 11) is 0. The van der Waals surface area contributed by atoms with E-state index in [0.29, 0.717) is 19.4 Å². The predicted molar refractivity (Wildman–Crippen MR) is 56.4 cm³/mol. The zero-order valence-electron chi connectivity index (χ0n) is 9.62. The number of amides is 1. The highest BCUT2D eigenvalue weighted by atomic mass is 16.4. The van der Waals surface area contributed by atoms with Gasteiger partial charge in [-0.25, -0.2) is 4.79 Å². The average molecular weight is 213 g/mol. The van der Waals surface area contributed by atoms with E-state index in [0.717, 1.165) is 6.42 Å². The van der Waals surface area contributed by atoms with Crippen LogP contribution < -0.4 is 0 Å². The first-order chi connectivity index (χ1) is 6.81. The maximum atomic E-state index is 11.8. The molecular weight excluding hydrogens is 194 g/mol. The number of rotatable bonds is 2. The van der Waals surface area contributed by atoms with Gasteiger partial charge in [0.25, 0.3) is 0 Å². The minimum absolute atomic E-state index is 0.0348. The summed E-state index contributed by atoms with van der Waals surface area (Å²) in [5.41, 5.74) is -0.0806. The van der Waals surface area contributed by atoms with Crippen LogP contribution in [-0.2, 0) is 9.59 Å². The van der Waals surface area contributed by atoms with Crippen molar-refractivity contribution in [2.24, 2.45) is 5.41 Å². The van der Waals surface area contributed by atoms with Crippen molar-refractivity contribution in [2.75, 3.05) is 6.54 Å². The first kappa shape index (κ1) is 12.0. The van der Waals surface area contributed by atoms with Crippen LogP contribution in [0.3, 0.4) is 0 Å². The van der Waals surface area contributed by atoms with Gasteiger partial charge in [0.05, 0.1) is 0 Å². The number of carbonyl (C=O) groups is 2. The molecule has 1 heterocycles. The molecule has 1 atom stereocenters. The molecule has 86 valence electrons. The van der Waals surface area contributed by atoms with Crippen molar-refractivity contribution in [3.05, 3.63) is 0 Å². The fourth-order valence-electron chi connectivity index (χ4n) is 1.88. The van der Waals surface area contributed by atoms with Crippen LogP contribution in [0.4, 0.5) is 0 Å². The molecule has 0 bridgehead atoms. The summed E-state index contributed by atoms with van der Waals surface area (Å²) < 4.78 is 0. The maximum Gasteiger partial charge on any atom is 0.326 e. The molecule has 1 N–H and O–H groups in total. The Labute approximate surface area is 90.3 Å². The second-order valence-electron chi connectivity index (χ2n) is 5.32. The third-order valence-electron chi connectivity index (χ3n) is 2.54. The van der Waals surface area contributed by atoms with Crippen molar-refractivity contribution in [3.8, 4) is 0 Å². The van der Waals surface area contributed by atoms with Crippen LogP contribution in [0.25, 0.3) is 0 Å². The van der Waals surface area contributed by atoms with Gasteiger partial charge >= 0.3 is 5.97 Å². The van der Waals surface area contributed by atoms with E-state index in [1.165, 1.54) is 4.90 Å². The molecule has 1 saturated heterocycles. The Kier molecular flexibility index (Phi) is 3.37. The Hall–Kier alpha value is -1.06. The number of carbonyl (C=O) groups excluding carboxylic acids is 1. The number of nitrogens with zero attached hydrogens (tertiary/aromatic N) is 1. The lowest BCUT2D eigenvalue weighted by atomic mass is 9.91. The number of aliphatic carboxylic acids is 1. The molecule has 0 aromatic rings. The quantitative estimate of drug-likeness (QED) is 0.756. The summed E-state index contributed by atoms with van der Waals surface area (Å²) in [4.78, 5) is 24.2. The van der Waals surface area contributed by atoms with E-state index >= 15 is 0 Å². The van der Waals surface area contributed by atoms with Crippen molar-refractivity contribution in [2.45, 2.75) is 46.1 Å². The molecule has 0 unspecified atom stereocenters. The maximum absolute atomic E-state index is 11.8. The van der Waals surface area contributed by atoms with Crippen LogP contribution in [0.5, 0.6) is 0 Å². The van der Waals surface area contributed by atoms with E-state index in [9.17, 15) is 9.59 Å². The molecule has 1 fully saturated rings. The molecule has 0 aromatic heterocycles. The van der Waals surface area contributed by atoms with Gasteiger partial charge in [-0.1, -0.05) is 20.8 Å². The first-order valence-electron chi connectivity index (χ1n) is 5.33. The second kappa shape index (κ2) is 4.21. The smallest absolute Gasteiger partial charge is 0.326 e. The number of likely N-dealkylation sites (tertiary alicyclic amines) is 1. The van der Waals surface area contributed by atoms with E-state index in [1.807, 2.05) is 20.8 Å². The van der Waals surface area contributed by atoms with Crippen LogP contribution >= 0.6 is 0 Å². The minimum Gasteiger partial charge on any atom is -0.480 e. The lowest BCUT2D eigenvalue weighted by Gasteiger charge is -2.25. The molecule has 0 spiro atoms. The van der Waals surface area contributed by atoms with Gasteiger partial charge in [0, 0.05) is 13.0 Å². The molecule has 0 saturated carbocycles. The first-order valence-corrected chi connectivity index (χ1v) is 5.33. The summed E-state index contributed by atoms with van der Waals surface area (Å²) in [6.07, 6.45) is 1.80. The van der Waals surface area contributed by atoms with Crippen molar-refractivity contribution in [1.29, 1.82) is 0 Å². The van der Waals surface area contributed by atoms with Crippen molar-refractivity contribution < 1.29 is 14.7 Å². The molecule has 0 aliphatic carbocycles. The summed E-state index contributed by atoms with van der Waals surface area (Å²) in [6, 6.07) is -0.597. The largest absolute Gasteiger partial charge is 0.480 e. The summed E-state index contributed by atoms with van der Waals surface area (Å²) >= 11 is 0. The average Bonchev–Trinajstić information content (AvgIpc) is 2.47. The monoisotopic (exact) mass is 213 g/mol. The third kappa shape index (κ3) is 3.22.